The van der Waals surface area contributed by atoms with Gasteiger partial charge >= 0.3 is 5.97 Å². The van der Waals surface area contributed by atoms with E-state index in [1.54, 1.807) is 18.5 Å². The Bertz CT molecular complexity index is 569. The molecule has 2 aromatic rings. The fourth-order valence-electron chi connectivity index (χ4n) is 1.55. The average Bonchev–Trinajstić information content (AvgIpc) is 2.45. The van der Waals surface area contributed by atoms with Gasteiger partial charge in [-0.15, -0.1) is 0 Å². The van der Waals surface area contributed by atoms with Crippen LogP contribution >= 0.6 is 0 Å². The molecule has 0 unspecified atom stereocenters. The fourth-order valence-corrected chi connectivity index (χ4v) is 1.55. The number of carbonyl (C=O) groups is 1. The minimum Gasteiger partial charge on any atom is -0.508 e. The van der Waals surface area contributed by atoms with E-state index in [0.29, 0.717) is 12.4 Å². The third-order valence-electron chi connectivity index (χ3n) is 2.44. The lowest BCUT2D eigenvalue weighted by molar-refractivity contribution is 0.0599. The second-order valence-corrected chi connectivity index (χ2v) is 3.86. The Hall–Kier alpha value is -2.56. The normalized spacial score (nSPS) is 9.95. The molecule has 0 bridgehead atoms. The van der Waals surface area contributed by atoms with Crippen LogP contribution in [-0.4, -0.2) is 23.2 Å². The topological polar surface area (TPSA) is 68.7 Å². The first-order valence-corrected chi connectivity index (χ1v) is 5.63. The molecule has 0 aliphatic rings. The van der Waals surface area contributed by atoms with Gasteiger partial charge in [0, 0.05) is 24.0 Å². The van der Waals surface area contributed by atoms with E-state index >= 15 is 0 Å². The van der Waals surface area contributed by atoms with Crippen LogP contribution < -0.4 is 4.74 Å². The van der Waals surface area contributed by atoms with Gasteiger partial charge in [0.2, 0.25) is 0 Å². The van der Waals surface area contributed by atoms with Crippen molar-refractivity contribution in [1.82, 2.24) is 4.98 Å². The van der Waals surface area contributed by atoms with Crippen LogP contribution in [0, 0.1) is 0 Å². The number of hydrogen-bond donors (Lipinski definition) is 1. The number of ether oxygens (including phenoxy) is 2. The molecule has 1 N–H and O–H groups in total. The summed E-state index contributed by atoms with van der Waals surface area (Å²) < 4.78 is 10.1. The second-order valence-electron chi connectivity index (χ2n) is 3.86. The maximum Gasteiger partial charge on any atom is 0.338 e. The zero-order chi connectivity index (χ0) is 13.7. The molecule has 0 atom stereocenters. The number of hydrogen-bond acceptors (Lipinski definition) is 5. The van der Waals surface area contributed by atoms with Gasteiger partial charge in [0.15, 0.2) is 0 Å². The SMILES string of the molecule is COC(=O)c1cc(O)cc(OCc2cccnc2)c1. The quantitative estimate of drug-likeness (QED) is 0.852. The number of aromatic nitrogens is 1. The van der Waals surface area contributed by atoms with Crippen molar-refractivity contribution in [2.75, 3.05) is 7.11 Å². The third-order valence-corrected chi connectivity index (χ3v) is 2.44. The molecule has 1 aromatic heterocycles. The number of esters is 1. The van der Waals surface area contributed by atoms with Gasteiger partial charge in [-0.2, -0.15) is 0 Å². The Kier molecular flexibility index (Phi) is 3.97. The fraction of sp³-hybridized carbons (Fsp3) is 0.143. The number of phenolic OH excluding ortho intramolecular Hbond substituents is 1. The predicted octanol–water partition coefficient (Wildman–Crippen LogP) is 2.15. The number of carbonyl (C=O) groups excluding carboxylic acids is 1. The van der Waals surface area contributed by atoms with E-state index in [9.17, 15) is 9.90 Å². The van der Waals surface area contributed by atoms with Gasteiger partial charge < -0.3 is 14.6 Å². The highest BCUT2D eigenvalue weighted by molar-refractivity contribution is 5.90. The smallest absolute Gasteiger partial charge is 0.338 e. The molecule has 0 saturated carbocycles. The molecule has 0 saturated heterocycles. The molecule has 0 spiro atoms. The van der Waals surface area contributed by atoms with Gasteiger partial charge in [0.05, 0.1) is 12.7 Å². The number of benzene rings is 1. The molecule has 19 heavy (non-hydrogen) atoms. The zero-order valence-electron chi connectivity index (χ0n) is 10.4. The number of methoxy groups -OCH3 is 1. The standard InChI is InChI=1S/C14H13NO4/c1-18-14(17)11-5-12(16)7-13(6-11)19-9-10-3-2-4-15-8-10/h2-8,16H,9H2,1H3. The molecular weight excluding hydrogens is 246 g/mol. The lowest BCUT2D eigenvalue weighted by atomic mass is 10.2. The summed E-state index contributed by atoms with van der Waals surface area (Å²) in [6.07, 6.45) is 3.36. The van der Waals surface area contributed by atoms with E-state index in [1.165, 1.54) is 25.3 Å². The van der Waals surface area contributed by atoms with E-state index in [2.05, 4.69) is 9.72 Å². The van der Waals surface area contributed by atoms with Crippen molar-refractivity contribution in [3.8, 4) is 11.5 Å². The van der Waals surface area contributed by atoms with Crippen molar-refractivity contribution in [2.45, 2.75) is 6.61 Å². The van der Waals surface area contributed by atoms with Crippen LogP contribution in [0.4, 0.5) is 0 Å². The van der Waals surface area contributed by atoms with Gasteiger partial charge in [0.25, 0.3) is 0 Å². The Morgan fingerprint density at radius 1 is 1.37 bits per heavy atom. The molecule has 98 valence electrons. The van der Waals surface area contributed by atoms with Crippen molar-refractivity contribution in [3.63, 3.8) is 0 Å². The first-order valence-electron chi connectivity index (χ1n) is 5.63. The molecule has 5 heteroatoms. The summed E-state index contributed by atoms with van der Waals surface area (Å²) in [4.78, 5) is 15.4. The van der Waals surface area contributed by atoms with Crippen molar-refractivity contribution in [3.05, 3.63) is 53.9 Å². The highest BCUT2D eigenvalue weighted by Gasteiger charge is 2.09. The zero-order valence-corrected chi connectivity index (χ0v) is 10.4. The minimum atomic E-state index is -0.526. The molecule has 0 aliphatic carbocycles. The summed E-state index contributed by atoms with van der Waals surface area (Å²) >= 11 is 0. The van der Waals surface area contributed by atoms with E-state index in [1.807, 2.05) is 6.07 Å². The minimum absolute atomic E-state index is 0.0518. The van der Waals surface area contributed by atoms with Crippen LogP contribution in [0.5, 0.6) is 11.5 Å². The van der Waals surface area contributed by atoms with Crippen LogP contribution in [0.25, 0.3) is 0 Å². The first-order chi connectivity index (χ1) is 9.19. The molecule has 5 nitrogen and oxygen atoms in total. The third kappa shape index (κ3) is 3.45. The summed E-state index contributed by atoms with van der Waals surface area (Å²) in [6.45, 7) is 0.303. The van der Waals surface area contributed by atoms with Crippen LogP contribution in [0.15, 0.2) is 42.7 Å². The summed E-state index contributed by atoms with van der Waals surface area (Å²) in [7, 11) is 1.28. The number of aromatic hydroxyl groups is 1. The van der Waals surface area contributed by atoms with Crippen LogP contribution in [0.1, 0.15) is 15.9 Å². The lowest BCUT2D eigenvalue weighted by Gasteiger charge is -2.08. The van der Waals surface area contributed by atoms with Gasteiger partial charge in [-0.3, -0.25) is 4.98 Å². The maximum atomic E-state index is 11.4. The van der Waals surface area contributed by atoms with Crippen LogP contribution in [0.2, 0.25) is 0 Å². The van der Waals surface area contributed by atoms with Gasteiger partial charge in [-0.05, 0) is 18.2 Å². The molecule has 0 radical (unpaired) electrons. The number of nitrogens with zero attached hydrogens (tertiary/aromatic N) is 1. The summed E-state index contributed by atoms with van der Waals surface area (Å²) in [5, 5.41) is 9.54. The van der Waals surface area contributed by atoms with Crippen LogP contribution in [0.3, 0.4) is 0 Å². The molecule has 1 heterocycles. The average molecular weight is 259 g/mol. The number of pyridine rings is 1. The Morgan fingerprint density at radius 3 is 2.89 bits per heavy atom. The van der Waals surface area contributed by atoms with Crippen molar-refractivity contribution in [1.29, 1.82) is 0 Å². The molecule has 0 aliphatic heterocycles. The summed E-state index contributed by atoms with van der Waals surface area (Å²) in [5.41, 5.74) is 1.13. The second kappa shape index (κ2) is 5.86. The molecular formula is C14H13NO4. The lowest BCUT2D eigenvalue weighted by Crippen LogP contribution is -2.02. The van der Waals surface area contributed by atoms with Crippen molar-refractivity contribution in [2.24, 2.45) is 0 Å². The van der Waals surface area contributed by atoms with Crippen molar-refractivity contribution >= 4 is 5.97 Å². The number of phenols is 1. The van der Waals surface area contributed by atoms with E-state index in [-0.39, 0.29) is 11.3 Å². The predicted molar refractivity (Wildman–Crippen MR) is 68.0 cm³/mol. The van der Waals surface area contributed by atoms with E-state index in [0.717, 1.165) is 5.56 Å². The maximum absolute atomic E-state index is 11.4. The van der Waals surface area contributed by atoms with Gasteiger partial charge in [-0.25, -0.2) is 4.79 Å². The Labute approximate surface area is 110 Å². The van der Waals surface area contributed by atoms with Gasteiger partial charge in [0.1, 0.15) is 18.1 Å². The van der Waals surface area contributed by atoms with Gasteiger partial charge in [-0.1, -0.05) is 6.07 Å². The highest BCUT2D eigenvalue weighted by Crippen LogP contribution is 2.23. The van der Waals surface area contributed by atoms with E-state index in [4.69, 9.17) is 4.74 Å². The van der Waals surface area contributed by atoms with Crippen LogP contribution in [-0.2, 0) is 11.3 Å². The number of rotatable bonds is 4. The Balaban J connectivity index is 2.12. The molecule has 0 amide bonds. The first kappa shape index (κ1) is 12.9. The monoisotopic (exact) mass is 259 g/mol. The summed E-state index contributed by atoms with van der Waals surface area (Å²) in [6, 6.07) is 7.95. The van der Waals surface area contributed by atoms with Crippen molar-refractivity contribution < 1.29 is 19.4 Å². The largest absolute Gasteiger partial charge is 0.508 e. The molecule has 1 aromatic carbocycles. The molecule has 0 fully saturated rings. The molecule has 2 rings (SSSR count). The summed E-state index contributed by atoms with van der Waals surface area (Å²) in [5.74, 6) is -0.185. The Morgan fingerprint density at radius 2 is 2.21 bits per heavy atom. The highest BCUT2D eigenvalue weighted by atomic mass is 16.5. The van der Waals surface area contributed by atoms with E-state index < -0.39 is 5.97 Å².